The third kappa shape index (κ3) is 1.95. The average molecular weight is 265 g/mol. The Kier molecular flexibility index (Phi) is 3.29. The number of rotatable bonds is 2. The second-order valence-electron chi connectivity index (χ2n) is 3.65. The van der Waals surface area contributed by atoms with E-state index in [1.807, 2.05) is 0 Å². The lowest BCUT2D eigenvalue weighted by molar-refractivity contribution is 0.0594. The molecule has 0 saturated heterocycles. The molecule has 1 unspecified atom stereocenters. The van der Waals surface area contributed by atoms with Crippen LogP contribution >= 0.6 is 0 Å². The van der Waals surface area contributed by atoms with Crippen LogP contribution in [0.1, 0.15) is 10.4 Å². The van der Waals surface area contributed by atoms with Gasteiger partial charge >= 0.3 is 5.97 Å². The minimum atomic E-state index is -1.49. The molecule has 0 aliphatic rings. The van der Waals surface area contributed by atoms with Crippen LogP contribution < -0.4 is 5.43 Å². The standard InChI is InChI=1S/C12H11NO4S/c1-17-12(15)9-10(14)7-5-3-4-6-8(7)13-11(9)18(2)16/h3-6H,1-2H3,(H,13,14). The number of nitrogens with one attached hydrogen (secondary N) is 1. The van der Waals surface area contributed by atoms with Gasteiger partial charge in [0.15, 0.2) is 0 Å². The molecule has 0 saturated carbocycles. The van der Waals surface area contributed by atoms with Gasteiger partial charge < -0.3 is 9.72 Å². The lowest BCUT2D eigenvalue weighted by Crippen LogP contribution is -2.21. The summed E-state index contributed by atoms with van der Waals surface area (Å²) >= 11 is 0. The molecule has 0 aliphatic carbocycles. The maximum Gasteiger partial charge on any atom is 0.344 e. The number of methoxy groups -OCH3 is 1. The Morgan fingerprint density at radius 1 is 1.33 bits per heavy atom. The van der Waals surface area contributed by atoms with E-state index in [-0.39, 0.29) is 10.6 Å². The molecule has 0 amide bonds. The van der Waals surface area contributed by atoms with Crippen LogP contribution in [0.2, 0.25) is 0 Å². The number of aromatic nitrogens is 1. The number of fused-ring (bicyclic) bond motifs is 1. The van der Waals surface area contributed by atoms with Gasteiger partial charge in [0.2, 0.25) is 5.43 Å². The highest BCUT2D eigenvalue weighted by molar-refractivity contribution is 7.84. The maximum atomic E-state index is 12.2. The van der Waals surface area contributed by atoms with Gasteiger partial charge in [-0.25, -0.2) is 4.79 Å². The summed E-state index contributed by atoms with van der Waals surface area (Å²) in [5.74, 6) is -0.785. The Bertz CT molecular complexity index is 705. The van der Waals surface area contributed by atoms with Gasteiger partial charge in [-0.05, 0) is 12.1 Å². The summed E-state index contributed by atoms with van der Waals surface area (Å²) in [6.07, 6.45) is 1.40. The molecule has 2 rings (SSSR count). The molecule has 0 aliphatic heterocycles. The van der Waals surface area contributed by atoms with Gasteiger partial charge in [0.25, 0.3) is 0 Å². The van der Waals surface area contributed by atoms with Crippen molar-refractivity contribution in [3.8, 4) is 0 Å². The molecule has 1 N–H and O–H groups in total. The molecule has 0 radical (unpaired) electrons. The number of H-pyrrole nitrogens is 1. The topological polar surface area (TPSA) is 76.2 Å². The Morgan fingerprint density at radius 2 is 2.00 bits per heavy atom. The molecule has 0 spiro atoms. The van der Waals surface area contributed by atoms with E-state index in [9.17, 15) is 13.8 Å². The van der Waals surface area contributed by atoms with Crippen molar-refractivity contribution in [2.24, 2.45) is 0 Å². The van der Waals surface area contributed by atoms with Crippen molar-refractivity contribution in [1.82, 2.24) is 4.98 Å². The Labute approximate surface area is 105 Å². The van der Waals surface area contributed by atoms with E-state index in [1.165, 1.54) is 13.4 Å². The van der Waals surface area contributed by atoms with Crippen molar-refractivity contribution < 1.29 is 13.7 Å². The molecule has 18 heavy (non-hydrogen) atoms. The molecular formula is C12H11NO4S. The van der Waals surface area contributed by atoms with Gasteiger partial charge in [-0.3, -0.25) is 9.00 Å². The molecule has 1 atom stereocenters. The van der Waals surface area contributed by atoms with E-state index < -0.39 is 22.2 Å². The summed E-state index contributed by atoms with van der Waals surface area (Å²) in [5, 5.41) is 0.456. The molecular weight excluding hydrogens is 254 g/mol. The molecule has 2 aromatic rings. The molecule has 94 valence electrons. The van der Waals surface area contributed by atoms with E-state index in [2.05, 4.69) is 9.72 Å². The number of benzene rings is 1. The van der Waals surface area contributed by atoms with Crippen molar-refractivity contribution in [3.05, 3.63) is 40.1 Å². The van der Waals surface area contributed by atoms with Crippen molar-refractivity contribution in [2.75, 3.05) is 13.4 Å². The molecule has 1 aromatic carbocycles. The third-order valence-electron chi connectivity index (χ3n) is 2.55. The van der Waals surface area contributed by atoms with Crippen molar-refractivity contribution >= 4 is 27.7 Å². The minimum absolute atomic E-state index is 0.0885. The summed E-state index contributed by atoms with van der Waals surface area (Å²) in [6.45, 7) is 0. The number of esters is 1. The fourth-order valence-corrected chi connectivity index (χ4v) is 2.43. The first-order valence-electron chi connectivity index (χ1n) is 5.13. The SMILES string of the molecule is COC(=O)c1c(S(C)=O)[nH]c2ccccc2c1=O. The highest BCUT2D eigenvalue weighted by Crippen LogP contribution is 2.14. The van der Waals surface area contributed by atoms with Gasteiger partial charge in [-0.15, -0.1) is 0 Å². The van der Waals surface area contributed by atoms with Crippen molar-refractivity contribution in [3.63, 3.8) is 0 Å². The highest BCUT2D eigenvalue weighted by atomic mass is 32.2. The summed E-state index contributed by atoms with van der Waals surface area (Å²) in [7, 11) is -0.305. The molecule has 5 nitrogen and oxygen atoms in total. The number of carbonyl (C=O) groups is 1. The number of carbonyl (C=O) groups excluding carboxylic acids is 1. The van der Waals surface area contributed by atoms with Gasteiger partial charge in [0.05, 0.1) is 23.4 Å². The van der Waals surface area contributed by atoms with Crippen LogP contribution in [0.4, 0.5) is 0 Å². The molecule has 0 bridgehead atoms. The summed E-state index contributed by atoms with van der Waals surface area (Å²) in [4.78, 5) is 26.7. The number of para-hydroxylation sites is 1. The van der Waals surface area contributed by atoms with E-state index >= 15 is 0 Å². The third-order valence-corrected chi connectivity index (χ3v) is 3.43. The zero-order valence-electron chi connectivity index (χ0n) is 9.85. The first-order chi connectivity index (χ1) is 8.56. The fraction of sp³-hybridized carbons (Fsp3) is 0.167. The quantitative estimate of drug-likeness (QED) is 0.823. The number of pyridine rings is 1. The maximum absolute atomic E-state index is 12.2. The van der Waals surface area contributed by atoms with Gasteiger partial charge in [0, 0.05) is 11.6 Å². The van der Waals surface area contributed by atoms with E-state index in [1.54, 1.807) is 24.3 Å². The molecule has 6 heteroatoms. The van der Waals surface area contributed by atoms with E-state index in [4.69, 9.17) is 0 Å². The predicted molar refractivity (Wildman–Crippen MR) is 68.2 cm³/mol. The number of hydrogen-bond acceptors (Lipinski definition) is 4. The lowest BCUT2D eigenvalue weighted by atomic mass is 10.1. The van der Waals surface area contributed by atoms with Crippen LogP contribution in [0.5, 0.6) is 0 Å². The predicted octanol–water partition coefficient (Wildman–Crippen LogP) is 1.05. The number of ether oxygens (including phenoxy) is 1. The smallest absolute Gasteiger partial charge is 0.344 e. The second-order valence-corrected chi connectivity index (χ2v) is 4.97. The lowest BCUT2D eigenvalue weighted by Gasteiger charge is -2.07. The van der Waals surface area contributed by atoms with Gasteiger partial charge in [-0.2, -0.15) is 0 Å². The summed E-state index contributed by atoms with van der Waals surface area (Å²) in [5.41, 5.74) is -0.126. The van der Waals surface area contributed by atoms with Crippen LogP contribution in [-0.4, -0.2) is 28.5 Å². The van der Waals surface area contributed by atoms with Crippen LogP contribution in [0, 0.1) is 0 Å². The fourth-order valence-electron chi connectivity index (χ4n) is 1.72. The number of aromatic amines is 1. The normalized spacial score (nSPS) is 12.3. The largest absolute Gasteiger partial charge is 0.465 e. The van der Waals surface area contributed by atoms with Crippen LogP contribution in [-0.2, 0) is 15.5 Å². The zero-order chi connectivity index (χ0) is 13.3. The summed E-state index contributed by atoms with van der Waals surface area (Å²) in [6, 6.07) is 6.73. The zero-order valence-corrected chi connectivity index (χ0v) is 10.7. The number of hydrogen-bond donors (Lipinski definition) is 1. The van der Waals surface area contributed by atoms with Crippen molar-refractivity contribution in [1.29, 1.82) is 0 Å². The van der Waals surface area contributed by atoms with Crippen molar-refractivity contribution in [2.45, 2.75) is 5.03 Å². The average Bonchev–Trinajstić information content (AvgIpc) is 2.37. The van der Waals surface area contributed by atoms with E-state index in [0.717, 1.165) is 0 Å². The Morgan fingerprint density at radius 3 is 2.61 bits per heavy atom. The highest BCUT2D eigenvalue weighted by Gasteiger charge is 2.21. The van der Waals surface area contributed by atoms with Gasteiger partial charge in [0.1, 0.15) is 10.6 Å². The van der Waals surface area contributed by atoms with Crippen LogP contribution in [0.25, 0.3) is 10.9 Å². The van der Waals surface area contributed by atoms with Crippen LogP contribution in [0.3, 0.4) is 0 Å². The molecule has 1 aromatic heterocycles. The van der Waals surface area contributed by atoms with Crippen LogP contribution in [0.15, 0.2) is 34.1 Å². The minimum Gasteiger partial charge on any atom is -0.465 e. The Hall–Kier alpha value is -1.95. The molecule has 1 heterocycles. The monoisotopic (exact) mass is 265 g/mol. The van der Waals surface area contributed by atoms with Gasteiger partial charge in [-0.1, -0.05) is 12.1 Å². The molecule has 0 fully saturated rings. The summed E-state index contributed by atoms with van der Waals surface area (Å²) < 4.78 is 16.2. The first kappa shape index (κ1) is 12.5. The second kappa shape index (κ2) is 4.73. The first-order valence-corrected chi connectivity index (χ1v) is 6.69. The Balaban J connectivity index is 2.93. The van der Waals surface area contributed by atoms with E-state index in [0.29, 0.717) is 10.9 Å².